The SMILES string of the molecule is COc1ccc(C2(c3ccccc3)C=Cc3ccccc3C2)c(OC)c1. The van der Waals surface area contributed by atoms with Gasteiger partial charge in [0.15, 0.2) is 0 Å². The molecule has 4 rings (SSSR count). The Labute approximate surface area is 154 Å². The Kier molecular flexibility index (Phi) is 4.26. The minimum Gasteiger partial charge on any atom is -0.497 e. The third kappa shape index (κ3) is 2.68. The first kappa shape index (κ1) is 16.5. The van der Waals surface area contributed by atoms with E-state index in [1.54, 1.807) is 14.2 Å². The molecule has 3 aromatic carbocycles. The zero-order valence-corrected chi connectivity index (χ0v) is 15.1. The van der Waals surface area contributed by atoms with Crippen LogP contribution in [0.1, 0.15) is 22.3 Å². The zero-order valence-electron chi connectivity index (χ0n) is 15.1. The molecule has 3 aromatic rings. The van der Waals surface area contributed by atoms with Gasteiger partial charge in [-0.1, -0.05) is 72.8 Å². The quantitative estimate of drug-likeness (QED) is 0.644. The van der Waals surface area contributed by atoms with Crippen molar-refractivity contribution in [2.24, 2.45) is 0 Å². The summed E-state index contributed by atoms with van der Waals surface area (Å²) >= 11 is 0. The van der Waals surface area contributed by atoms with Crippen molar-refractivity contribution in [3.8, 4) is 11.5 Å². The van der Waals surface area contributed by atoms with Crippen molar-refractivity contribution >= 4 is 6.08 Å². The van der Waals surface area contributed by atoms with Gasteiger partial charge < -0.3 is 9.47 Å². The van der Waals surface area contributed by atoms with E-state index in [0.717, 1.165) is 23.5 Å². The summed E-state index contributed by atoms with van der Waals surface area (Å²) in [5.74, 6) is 1.64. The molecule has 0 amide bonds. The van der Waals surface area contributed by atoms with E-state index in [-0.39, 0.29) is 5.41 Å². The van der Waals surface area contributed by atoms with Gasteiger partial charge in [-0.05, 0) is 29.2 Å². The number of fused-ring (bicyclic) bond motifs is 1. The van der Waals surface area contributed by atoms with Crippen molar-refractivity contribution in [2.45, 2.75) is 11.8 Å². The molecule has 2 heteroatoms. The lowest BCUT2D eigenvalue weighted by molar-refractivity contribution is 0.385. The molecule has 1 unspecified atom stereocenters. The topological polar surface area (TPSA) is 18.5 Å². The van der Waals surface area contributed by atoms with E-state index in [2.05, 4.69) is 72.8 Å². The predicted octanol–water partition coefficient (Wildman–Crippen LogP) is 5.26. The van der Waals surface area contributed by atoms with Crippen LogP contribution in [0, 0.1) is 0 Å². The molecule has 0 aromatic heterocycles. The summed E-state index contributed by atoms with van der Waals surface area (Å²) in [5.41, 5.74) is 4.77. The van der Waals surface area contributed by atoms with Crippen molar-refractivity contribution in [3.63, 3.8) is 0 Å². The van der Waals surface area contributed by atoms with Crippen molar-refractivity contribution in [2.75, 3.05) is 14.2 Å². The molecular formula is C24H22O2. The summed E-state index contributed by atoms with van der Waals surface area (Å²) in [7, 11) is 3.40. The Hall–Kier alpha value is -3.00. The van der Waals surface area contributed by atoms with Crippen LogP contribution in [0.2, 0.25) is 0 Å². The number of rotatable bonds is 4. The van der Waals surface area contributed by atoms with Gasteiger partial charge in [-0.15, -0.1) is 0 Å². The standard InChI is InChI=1S/C24H22O2/c1-25-21-12-13-22(23(16-21)26-2)24(20-10-4-3-5-11-20)15-14-18-8-6-7-9-19(18)17-24/h3-16H,17H2,1-2H3. The van der Waals surface area contributed by atoms with Gasteiger partial charge in [0.25, 0.3) is 0 Å². The van der Waals surface area contributed by atoms with E-state index < -0.39 is 0 Å². The third-order valence-corrected chi connectivity index (χ3v) is 5.25. The Morgan fingerprint density at radius 3 is 2.35 bits per heavy atom. The maximum absolute atomic E-state index is 5.76. The highest BCUT2D eigenvalue weighted by Gasteiger charge is 2.37. The van der Waals surface area contributed by atoms with E-state index in [4.69, 9.17) is 9.47 Å². The molecule has 1 atom stereocenters. The summed E-state index contributed by atoms with van der Waals surface area (Å²) in [6.45, 7) is 0. The lowest BCUT2D eigenvalue weighted by atomic mass is 9.67. The van der Waals surface area contributed by atoms with Gasteiger partial charge in [0.2, 0.25) is 0 Å². The van der Waals surface area contributed by atoms with Crippen LogP contribution in [0.25, 0.3) is 6.08 Å². The second-order valence-electron chi connectivity index (χ2n) is 6.61. The van der Waals surface area contributed by atoms with Gasteiger partial charge in [0.1, 0.15) is 11.5 Å². The first-order valence-electron chi connectivity index (χ1n) is 8.82. The highest BCUT2D eigenvalue weighted by Crippen LogP contribution is 2.45. The summed E-state index contributed by atoms with van der Waals surface area (Å²) in [6, 6.07) is 25.3. The van der Waals surface area contributed by atoms with E-state index in [9.17, 15) is 0 Å². The van der Waals surface area contributed by atoms with Crippen LogP contribution in [0.3, 0.4) is 0 Å². The van der Waals surface area contributed by atoms with E-state index in [1.807, 2.05) is 12.1 Å². The van der Waals surface area contributed by atoms with Gasteiger partial charge in [0.05, 0.1) is 14.2 Å². The smallest absolute Gasteiger partial charge is 0.126 e. The summed E-state index contributed by atoms with van der Waals surface area (Å²) in [5, 5.41) is 0. The molecule has 0 aliphatic heterocycles. The molecule has 0 bridgehead atoms. The Morgan fingerprint density at radius 1 is 0.808 bits per heavy atom. The molecule has 130 valence electrons. The van der Waals surface area contributed by atoms with Crippen LogP contribution < -0.4 is 9.47 Å². The monoisotopic (exact) mass is 342 g/mol. The van der Waals surface area contributed by atoms with Crippen molar-refractivity contribution < 1.29 is 9.47 Å². The molecular weight excluding hydrogens is 320 g/mol. The summed E-state index contributed by atoms with van der Waals surface area (Å²) < 4.78 is 11.2. The summed E-state index contributed by atoms with van der Waals surface area (Å²) in [6.07, 6.45) is 5.44. The molecule has 0 radical (unpaired) electrons. The van der Waals surface area contributed by atoms with Crippen molar-refractivity contribution in [1.82, 2.24) is 0 Å². The minimum absolute atomic E-state index is 0.271. The minimum atomic E-state index is -0.271. The van der Waals surface area contributed by atoms with Gasteiger partial charge in [0, 0.05) is 17.0 Å². The number of ether oxygens (including phenoxy) is 2. The van der Waals surface area contributed by atoms with Crippen LogP contribution >= 0.6 is 0 Å². The highest BCUT2D eigenvalue weighted by atomic mass is 16.5. The summed E-state index contributed by atoms with van der Waals surface area (Å²) in [4.78, 5) is 0. The van der Waals surface area contributed by atoms with Gasteiger partial charge >= 0.3 is 0 Å². The Balaban J connectivity index is 1.95. The lowest BCUT2D eigenvalue weighted by Crippen LogP contribution is -2.31. The molecule has 26 heavy (non-hydrogen) atoms. The van der Waals surface area contributed by atoms with Crippen LogP contribution in [0.4, 0.5) is 0 Å². The fourth-order valence-corrected chi connectivity index (χ4v) is 3.89. The molecule has 1 aliphatic carbocycles. The van der Waals surface area contributed by atoms with Gasteiger partial charge in [-0.25, -0.2) is 0 Å². The second-order valence-corrected chi connectivity index (χ2v) is 6.61. The van der Waals surface area contributed by atoms with Crippen LogP contribution in [-0.2, 0) is 11.8 Å². The van der Waals surface area contributed by atoms with E-state index in [1.165, 1.54) is 16.7 Å². The highest BCUT2D eigenvalue weighted by molar-refractivity contribution is 5.66. The number of hydrogen-bond acceptors (Lipinski definition) is 2. The molecule has 0 saturated carbocycles. The number of hydrogen-bond donors (Lipinski definition) is 0. The Morgan fingerprint density at radius 2 is 1.58 bits per heavy atom. The van der Waals surface area contributed by atoms with Crippen LogP contribution in [0.5, 0.6) is 11.5 Å². The fraction of sp³-hybridized carbons (Fsp3) is 0.167. The normalized spacial score (nSPS) is 18.2. The van der Waals surface area contributed by atoms with Crippen LogP contribution in [-0.4, -0.2) is 14.2 Å². The molecule has 0 fully saturated rings. The largest absolute Gasteiger partial charge is 0.497 e. The molecule has 1 aliphatic rings. The molecule has 2 nitrogen and oxygen atoms in total. The first-order chi connectivity index (χ1) is 12.8. The third-order valence-electron chi connectivity index (χ3n) is 5.25. The molecule has 0 heterocycles. The maximum atomic E-state index is 5.76. The average molecular weight is 342 g/mol. The predicted molar refractivity (Wildman–Crippen MR) is 106 cm³/mol. The lowest BCUT2D eigenvalue weighted by Gasteiger charge is -2.36. The number of methoxy groups -OCH3 is 2. The van der Waals surface area contributed by atoms with Crippen molar-refractivity contribution in [3.05, 3.63) is 101 Å². The van der Waals surface area contributed by atoms with E-state index >= 15 is 0 Å². The fourth-order valence-electron chi connectivity index (χ4n) is 3.89. The molecule has 0 N–H and O–H groups in total. The average Bonchev–Trinajstić information content (AvgIpc) is 2.73. The number of allylic oxidation sites excluding steroid dienone is 1. The first-order valence-corrected chi connectivity index (χ1v) is 8.82. The molecule has 0 saturated heterocycles. The van der Waals surface area contributed by atoms with Crippen molar-refractivity contribution in [1.29, 1.82) is 0 Å². The maximum Gasteiger partial charge on any atom is 0.126 e. The number of benzene rings is 3. The van der Waals surface area contributed by atoms with Gasteiger partial charge in [-0.2, -0.15) is 0 Å². The van der Waals surface area contributed by atoms with Gasteiger partial charge in [-0.3, -0.25) is 0 Å². The van der Waals surface area contributed by atoms with E-state index in [0.29, 0.717) is 0 Å². The molecule has 0 spiro atoms. The zero-order chi connectivity index (χ0) is 18.0. The van der Waals surface area contributed by atoms with Crippen LogP contribution in [0.15, 0.2) is 78.9 Å². The second kappa shape index (κ2) is 6.72. The Bertz CT molecular complexity index is 943.